The van der Waals surface area contributed by atoms with Gasteiger partial charge in [0.05, 0.1) is 5.60 Å². The first kappa shape index (κ1) is 17.8. The average molecular weight is 319 g/mol. The maximum atomic E-state index is 11.8. The van der Waals surface area contributed by atoms with Gasteiger partial charge in [-0.2, -0.15) is 0 Å². The normalized spacial score (nSPS) is 22.9. The Hall–Kier alpha value is -1.55. The van der Waals surface area contributed by atoms with Crippen LogP contribution in [0, 0.1) is 11.3 Å². The quantitative estimate of drug-likeness (QED) is 0.866. The van der Waals surface area contributed by atoms with E-state index in [1.165, 1.54) is 6.42 Å². The second-order valence-electron chi connectivity index (χ2n) is 7.73. The molecule has 128 valence electrons. The van der Waals surface area contributed by atoms with Crippen LogP contribution in [-0.2, 0) is 11.3 Å². The summed E-state index contributed by atoms with van der Waals surface area (Å²) in [4.78, 5) is 11.8. The molecule has 1 aliphatic carbocycles. The van der Waals surface area contributed by atoms with Crippen molar-refractivity contribution in [1.29, 1.82) is 0 Å². The lowest BCUT2D eigenvalue weighted by atomic mass is 9.67. The molecule has 1 aliphatic rings. The molecule has 2 N–H and O–H groups in total. The molecule has 2 rings (SSSR count). The van der Waals surface area contributed by atoms with E-state index in [1.54, 1.807) is 0 Å². The van der Waals surface area contributed by atoms with Crippen LogP contribution in [0.3, 0.4) is 0 Å². The SMILES string of the molecule is CC1(C)CCCC(C(C)(O)CNC(=O)OCc2ccccc2)C1. The molecule has 0 spiro atoms. The molecule has 1 amide bonds. The molecule has 0 aliphatic heterocycles. The van der Waals surface area contributed by atoms with Gasteiger partial charge in [-0.25, -0.2) is 4.79 Å². The monoisotopic (exact) mass is 319 g/mol. The highest BCUT2D eigenvalue weighted by atomic mass is 16.5. The number of nitrogens with one attached hydrogen (secondary N) is 1. The van der Waals surface area contributed by atoms with Crippen molar-refractivity contribution in [3.8, 4) is 0 Å². The summed E-state index contributed by atoms with van der Waals surface area (Å²) in [5.41, 5.74) is 0.313. The number of hydrogen-bond donors (Lipinski definition) is 2. The Morgan fingerprint density at radius 1 is 1.39 bits per heavy atom. The molecule has 1 saturated carbocycles. The first-order valence-corrected chi connectivity index (χ1v) is 8.45. The Morgan fingerprint density at radius 2 is 2.09 bits per heavy atom. The Morgan fingerprint density at radius 3 is 2.74 bits per heavy atom. The lowest BCUT2D eigenvalue weighted by Gasteiger charge is -2.42. The zero-order valence-corrected chi connectivity index (χ0v) is 14.5. The summed E-state index contributed by atoms with van der Waals surface area (Å²) in [6.07, 6.45) is 3.85. The van der Waals surface area contributed by atoms with E-state index >= 15 is 0 Å². The number of alkyl carbamates (subject to hydrolysis) is 1. The minimum atomic E-state index is -0.899. The zero-order valence-electron chi connectivity index (χ0n) is 14.5. The van der Waals surface area contributed by atoms with E-state index in [0.717, 1.165) is 24.8 Å². The maximum Gasteiger partial charge on any atom is 0.407 e. The van der Waals surface area contributed by atoms with Gasteiger partial charge in [-0.3, -0.25) is 0 Å². The first-order chi connectivity index (χ1) is 10.8. The van der Waals surface area contributed by atoms with Crippen molar-refractivity contribution < 1.29 is 14.6 Å². The molecule has 1 aromatic carbocycles. The molecule has 0 heterocycles. The number of amides is 1. The predicted octanol–water partition coefficient (Wildman–Crippen LogP) is 3.88. The van der Waals surface area contributed by atoms with Crippen LogP contribution in [0.15, 0.2) is 30.3 Å². The number of carbonyl (C=O) groups excluding carboxylic acids is 1. The molecule has 0 saturated heterocycles. The van der Waals surface area contributed by atoms with Crippen molar-refractivity contribution in [2.45, 2.75) is 58.7 Å². The average Bonchev–Trinajstić information content (AvgIpc) is 2.51. The van der Waals surface area contributed by atoms with Crippen LogP contribution in [0.1, 0.15) is 52.0 Å². The van der Waals surface area contributed by atoms with Crippen molar-refractivity contribution in [3.63, 3.8) is 0 Å². The number of aliphatic hydroxyl groups is 1. The fraction of sp³-hybridized carbons (Fsp3) is 0.632. The molecule has 0 radical (unpaired) electrons. The molecule has 2 atom stereocenters. The topological polar surface area (TPSA) is 58.6 Å². The summed E-state index contributed by atoms with van der Waals surface area (Å²) < 4.78 is 5.19. The van der Waals surface area contributed by atoms with Gasteiger partial charge >= 0.3 is 6.09 Å². The van der Waals surface area contributed by atoms with Crippen LogP contribution >= 0.6 is 0 Å². The smallest absolute Gasteiger partial charge is 0.407 e. The Kier molecular flexibility index (Phi) is 5.69. The standard InChI is InChI=1S/C19H29NO3/c1-18(2)11-7-10-16(12-18)19(3,22)14-20-17(21)23-13-15-8-5-4-6-9-15/h4-6,8-9,16,22H,7,10-14H2,1-3H3,(H,20,21). The van der Waals surface area contributed by atoms with E-state index in [4.69, 9.17) is 4.74 Å². The minimum absolute atomic E-state index is 0.209. The molecule has 23 heavy (non-hydrogen) atoms. The van der Waals surface area contributed by atoms with Gasteiger partial charge in [0.2, 0.25) is 0 Å². The fourth-order valence-electron chi connectivity index (χ4n) is 3.40. The van der Waals surface area contributed by atoms with Crippen LogP contribution < -0.4 is 5.32 Å². The highest BCUT2D eigenvalue weighted by Crippen LogP contribution is 2.42. The summed E-state index contributed by atoms with van der Waals surface area (Å²) >= 11 is 0. The molecular formula is C19H29NO3. The lowest BCUT2D eigenvalue weighted by molar-refractivity contribution is -0.0362. The summed E-state index contributed by atoms with van der Waals surface area (Å²) in [7, 11) is 0. The van der Waals surface area contributed by atoms with Crippen molar-refractivity contribution in [2.24, 2.45) is 11.3 Å². The van der Waals surface area contributed by atoms with Crippen molar-refractivity contribution in [1.82, 2.24) is 5.32 Å². The second kappa shape index (κ2) is 7.35. The maximum absolute atomic E-state index is 11.8. The van der Waals surface area contributed by atoms with E-state index in [-0.39, 0.29) is 24.5 Å². The molecule has 4 nitrogen and oxygen atoms in total. The van der Waals surface area contributed by atoms with Gasteiger partial charge in [-0.1, -0.05) is 50.6 Å². The molecule has 1 aromatic rings. The molecular weight excluding hydrogens is 290 g/mol. The van der Waals surface area contributed by atoms with Gasteiger partial charge in [0.15, 0.2) is 0 Å². The molecule has 0 aromatic heterocycles. The van der Waals surface area contributed by atoms with E-state index in [1.807, 2.05) is 37.3 Å². The number of rotatable bonds is 5. The van der Waals surface area contributed by atoms with Gasteiger partial charge in [0, 0.05) is 6.54 Å². The predicted molar refractivity (Wildman–Crippen MR) is 91.0 cm³/mol. The van der Waals surface area contributed by atoms with Crippen LogP contribution in [0.4, 0.5) is 4.79 Å². The number of ether oxygens (including phenoxy) is 1. The third kappa shape index (κ3) is 5.54. The van der Waals surface area contributed by atoms with Gasteiger partial charge in [0.25, 0.3) is 0 Å². The molecule has 2 unspecified atom stereocenters. The van der Waals surface area contributed by atoms with Crippen LogP contribution in [0.25, 0.3) is 0 Å². The van der Waals surface area contributed by atoms with E-state index < -0.39 is 11.7 Å². The molecule has 4 heteroatoms. The lowest BCUT2D eigenvalue weighted by Crippen LogP contribution is -2.48. The first-order valence-electron chi connectivity index (χ1n) is 8.45. The zero-order chi connectivity index (χ0) is 16.9. The second-order valence-corrected chi connectivity index (χ2v) is 7.73. The third-order valence-corrected chi connectivity index (χ3v) is 4.89. The van der Waals surface area contributed by atoms with Crippen LogP contribution in [0.2, 0.25) is 0 Å². The van der Waals surface area contributed by atoms with Crippen molar-refractivity contribution >= 4 is 6.09 Å². The number of hydrogen-bond acceptors (Lipinski definition) is 3. The Labute approximate surface area is 139 Å². The van der Waals surface area contributed by atoms with Crippen LogP contribution in [-0.4, -0.2) is 23.3 Å². The van der Waals surface area contributed by atoms with Crippen molar-refractivity contribution in [3.05, 3.63) is 35.9 Å². The highest BCUT2D eigenvalue weighted by Gasteiger charge is 2.38. The Balaban J connectivity index is 1.78. The molecule has 1 fully saturated rings. The summed E-state index contributed by atoms with van der Waals surface area (Å²) in [5, 5.41) is 13.4. The number of benzene rings is 1. The van der Waals surface area contributed by atoms with E-state index in [9.17, 15) is 9.90 Å². The van der Waals surface area contributed by atoms with Gasteiger partial charge in [-0.05, 0) is 43.1 Å². The third-order valence-electron chi connectivity index (χ3n) is 4.89. The van der Waals surface area contributed by atoms with Crippen molar-refractivity contribution in [2.75, 3.05) is 6.54 Å². The Bertz CT molecular complexity index is 511. The van der Waals surface area contributed by atoms with E-state index in [2.05, 4.69) is 19.2 Å². The summed E-state index contributed by atoms with van der Waals surface area (Å²) in [6.45, 7) is 6.77. The van der Waals surface area contributed by atoms with Gasteiger partial charge < -0.3 is 15.2 Å². The fourth-order valence-corrected chi connectivity index (χ4v) is 3.40. The highest BCUT2D eigenvalue weighted by molar-refractivity contribution is 5.67. The van der Waals surface area contributed by atoms with Gasteiger partial charge in [0.1, 0.15) is 6.61 Å². The number of carbonyl (C=O) groups is 1. The molecule has 0 bridgehead atoms. The van der Waals surface area contributed by atoms with Gasteiger partial charge in [-0.15, -0.1) is 0 Å². The largest absolute Gasteiger partial charge is 0.445 e. The van der Waals surface area contributed by atoms with E-state index in [0.29, 0.717) is 0 Å². The summed E-state index contributed by atoms with van der Waals surface area (Å²) in [6, 6.07) is 9.56. The minimum Gasteiger partial charge on any atom is -0.445 e. The summed E-state index contributed by atoms with van der Waals surface area (Å²) in [5.74, 6) is 0.209. The van der Waals surface area contributed by atoms with Crippen LogP contribution in [0.5, 0.6) is 0 Å².